The van der Waals surface area contributed by atoms with E-state index < -0.39 is 0 Å². The van der Waals surface area contributed by atoms with Gasteiger partial charge in [0.15, 0.2) is 5.69 Å². The fourth-order valence-corrected chi connectivity index (χ4v) is 2.43. The van der Waals surface area contributed by atoms with Crippen LogP contribution in [-0.2, 0) is 0 Å². The number of nitrogens with zero attached hydrogens (tertiary/aromatic N) is 3. The Morgan fingerprint density at radius 2 is 1.95 bits per heavy atom. The Morgan fingerprint density at radius 1 is 1.14 bits per heavy atom. The number of ether oxygens (including phenoxy) is 1. The highest BCUT2D eigenvalue weighted by Crippen LogP contribution is 2.34. The SMILES string of the molecule is CCCCOc1ccc(-c2n[nH]nc2C#N)c2ccccc12. The van der Waals surface area contributed by atoms with Gasteiger partial charge in [0.25, 0.3) is 0 Å². The number of aromatic nitrogens is 3. The molecule has 0 radical (unpaired) electrons. The van der Waals surface area contributed by atoms with Crippen molar-refractivity contribution in [2.24, 2.45) is 0 Å². The topological polar surface area (TPSA) is 74.6 Å². The van der Waals surface area contributed by atoms with Crippen LogP contribution in [-0.4, -0.2) is 22.0 Å². The Labute approximate surface area is 128 Å². The molecule has 5 nitrogen and oxygen atoms in total. The zero-order chi connectivity index (χ0) is 15.4. The number of benzene rings is 2. The van der Waals surface area contributed by atoms with E-state index >= 15 is 0 Å². The summed E-state index contributed by atoms with van der Waals surface area (Å²) in [5.74, 6) is 0.856. The molecule has 1 heterocycles. The Bertz CT molecular complexity index is 832. The molecular weight excluding hydrogens is 276 g/mol. The highest BCUT2D eigenvalue weighted by molar-refractivity contribution is 6.00. The Kier molecular flexibility index (Phi) is 4.01. The van der Waals surface area contributed by atoms with E-state index in [0.717, 1.165) is 34.9 Å². The molecule has 0 spiro atoms. The highest BCUT2D eigenvalue weighted by atomic mass is 16.5. The van der Waals surface area contributed by atoms with Crippen molar-refractivity contribution in [2.75, 3.05) is 6.61 Å². The maximum Gasteiger partial charge on any atom is 0.190 e. The van der Waals surface area contributed by atoms with Crippen LogP contribution in [0.2, 0.25) is 0 Å². The van der Waals surface area contributed by atoms with Gasteiger partial charge in [-0.1, -0.05) is 37.6 Å². The van der Waals surface area contributed by atoms with Gasteiger partial charge in [0, 0.05) is 10.9 Å². The molecular formula is C17H16N4O. The second-order valence-corrected chi connectivity index (χ2v) is 4.99. The average Bonchev–Trinajstić information content (AvgIpc) is 3.03. The molecule has 0 atom stereocenters. The molecule has 1 aromatic heterocycles. The molecule has 0 aliphatic heterocycles. The highest BCUT2D eigenvalue weighted by Gasteiger charge is 2.14. The molecule has 3 aromatic rings. The number of H-pyrrole nitrogens is 1. The first-order valence-electron chi connectivity index (χ1n) is 7.31. The third-order valence-electron chi connectivity index (χ3n) is 3.55. The number of unbranched alkanes of at least 4 members (excludes halogenated alkanes) is 1. The monoisotopic (exact) mass is 292 g/mol. The zero-order valence-electron chi connectivity index (χ0n) is 12.3. The molecule has 2 aromatic carbocycles. The summed E-state index contributed by atoms with van der Waals surface area (Å²) in [5.41, 5.74) is 1.74. The fourth-order valence-electron chi connectivity index (χ4n) is 2.43. The largest absolute Gasteiger partial charge is 0.493 e. The van der Waals surface area contributed by atoms with E-state index in [1.165, 1.54) is 0 Å². The molecule has 0 saturated carbocycles. The van der Waals surface area contributed by atoms with Crippen LogP contribution in [0.4, 0.5) is 0 Å². The molecule has 0 aliphatic carbocycles. The van der Waals surface area contributed by atoms with E-state index in [-0.39, 0.29) is 0 Å². The van der Waals surface area contributed by atoms with E-state index in [1.54, 1.807) is 0 Å². The van der Waals surface area contributed by atoms with Gasteiger partial charge in [-0.3, -0.25) is 0 Å². The Morgan fingerprint density at radius 3 is 2.73 bits per heavy atom. The van der Waals surface area contributed by atoms with Crippen molar-refractivity contribution >= 4 is 10.8 Å². The van der Waals surface area contributed by atoms with Crippen LogP contribution in [0, 0.1) is 11.3 Å². The fraction of sp³-hybridized carbons (Fsp3) is 0.235. The lowest BCUT2D eigenvalue weighted by atomic mass is 10.0. The number of aromatic amines is 1. The number of hydrogen-bond acceptors (Lipinski definition) is 4. The smallest absolute Gasteiger partial charge is 0.190 e. The molecule has 3 rings (SSSR count). The van der Waals surface area contributed by atoms with Gasteiger partial charge in [0.2, 0.25) is 0 Å². The van der Waals surface area contributed by atoms with Crippen LogP contribution in [0.15, 0.2) is 36.4 Å². The minimum absolute atomic E-state index is 0.296. The van der Waals surface area contributed by atoms with E-state index in [0.29, 0.717) is 18.0 Å². The summed E-state index contributed by atoms with van der Waals surface area (Å²) in [5, 5.41) is 21.7. The van der Waals surface area contributed by atoms with Gasteiger partial charge in [0.1, 0.15) is 17.5 Å². The first-order chi connectivity index (χ1) is 10.8. The van der Waals surface area contributed by atoms with Crippen molar-refractivity contribution in [3.8, 4) is 23.1 Å². The van der Waals surface area contributed by atoms with Gasteiger partial charge in [0.05, 0.1) is 6.61 Å². The van der Waals surface area contributed by atoms with E-state index in [2.05, 4.69) is 28.4 Å². The van der Waals surface area contributed by atoms with Gasteiger partial charge < -0.3 is 4.74 Å². The van der Waals surface area contributed by atoms with Crippen LogP contribution in [0.25, 0.3) is 22.0 Å². The van der Waals surface area contributed by atoms with Gasteiger partial charge in [-0.15, -0.1) is 5.10 Å². The van der Waals surface area contributed by atoms with Crippen molar-refractivity contribution < 1.29 is 4.74 Å². The van der Waals surface area contributed by atoms with Crippen LogP contribution < -0.4 is 4.74 Å². The molecule has 22 heavy (non-hydrogen) atoms. The zero-order valence-corrected chi connectivity index (χ0v) is 12.3. The summed E-state index contributed by atoms with van der Waals surface area (Å²) in [6.45, 7) is 2.84. The number of nitriles is 1. The van der Waals surface area contributed by atoms with Crippen LogP contribution in [0.1, 0.15) is 25.5 Å². The lowest BCUT2D eigenvalue weighted by molar-refractivity contribution is 0.313. The molecule has 110 valence electrons. The molecule has 5 heteroatoms. The first-order valence-corrected chi connectivity index (χ1v) is 7.31. The van der Waals surface area contributed by atoms with Gasteiger partial charge >= 0.3 is 0 Å². The average molecular weight is 292 g/mol. The summed E-state index contributed by atoms with van der Waals surface area (Å²) >= 11 is 0. The van der Waals surface area contributed by atoms with Gasteiger partial charge in [-0.2, -0.15) is 15.6 Å². The molecule has 0 amide bonds. The lowest BCUT2D eigenvalue weighted by Crippen LogP contribution is -1.97. The van der Waals surface area contributed by atoms with Crippen molar-refractivity contribution in [2.45, 2.75) is 19.8 Å². The number of rotatable bonds is 5. The second-order valence-electron chi connectivity index (χ2n) is 4.99. The molecule has 1 N–H and O–H groups in total. The van der Waals surface area contributed by atoms with Crippen molar-refractivity contribution in [1.82, 2.24) is 15.4 Å². The number of hydrogen-bond donors (Lipinski definition) is 1. The lowest BCUT2D eigenvalue weighted by Gasteiger charge is -2.11. The summed E-state index contributed by atoms with van der Waals surface area (Å²) in [6, 6.07) is 13.9. The summed E-state index contributed by atoms with van der Waals surface area (Å²) < 4.78 is 5.88. The predicted molar refractivity (Wildman–Crippen MR) is 84.4 cm³/mol. The van der Waals surface area contributed by atoms with Gasteiger partial charge in [-0.05, 0) is 23.9 Å². The number of fused-ring (bicyclic) bond motifs is 1. The Hall–Kier alpha value is -2.87. The van der Waals surface area contributed by atoms with Crippen LogP contribution >= 0.6 is 0 Å². The predicted octanol–water partition coefficient (Wildman–Crippen LogP) is 3.68. The van der Waals surface area contributed by atoms with E-state index in [4.69, 9.17) is 10.00 Å². The van der Waals surface area contributed by atoms with Crippen molar-refractivity contribution in [3.05, 3.63) is 42.1 Å². The molecule has 0 unspecified atom stereocenters. The summed E-state index contributed by atoms with van der Waals surface area (Å²) in [6.07, 6.45) is 2.12. The molecule has 0 bridgehead atoms. The maximum atomic E-state index is 9.14. The third kappa shape index (κ3) is 2.51. The Balaban J connectivity index is 2.11. The van der Waals surface area contributed by atoms with Crippen molar-refractivity contribution in [1.29, 1.82) is 5.26 Å². The second kappa shape index (κ2) is 6.27. The van der Waals surface area contributed by atoms with Crippen molar-refractivity contribution in [3.63, 3.8) is 0 Å². The van der Waals surface area contributed by atoms with Gasteiger partial charge in [-0.25, -0.2) is 0 Å². The number of nitrogens with one attached hydrogen (secondary N) is 1. The first kappa shape index (κ1) is 14.1. The minimum atomic E-state index is 0.296. The molecule has 0 aliphatic rings. The van der Waals surface area contributed by atoms with Crippen LogP contribution in [0.5, 0.6) is 5.75 Å². The van der Waals surface area contributed by atoms with E-state index in [1.807, 2.05) is 36.4 Å². The van der Waals surface area contributed by atoms with E-state index in [9.17, 15) is 0 Å². The molecule has 0 saturated heterocycles. The van der Waals surface area contributed by atoms with Crippen LogP contribution in [0.3, 0.4) is 0 Å². The minimum Gasteiger partial charge on any atom is -0.493 e. The summed E-state index contributed by atoms with van der Waals surface area (Å²) in [4.78, 5) is 0. The standard InChI is InChI=1S/C17H16N4O/c1-2-3-10-22-16-9-8-14(12-6-4-5-7-13(12)16)17-15(11-18)19-21-20-17/h4-9H,2-3,10H2,1H3,(H,19,20,21). The quantitative estimate of drug-likeness (QED) is 0.728. The summed E-state index contributed by atoms with van der Waals surface area (Å²) in [7, 11) is 0. The third-order valence-corrected chi connectivity index (χ3v) is 3.55. The maximum absolute atomic E-state index is 9.14. The normalized spacial score (nSPS) is 10.5. The molecule has 0 fully saturated rings.